The molecular formula is C12H16FN3O2. The minimum Gasteiger partial charge on any atom is -0.480 e. The molecule has 0 spiro atoms. The Hall–Kier alpha value is -1.53. The first-order valence-corrected chi connectivity index (χ1v) is 5.80. The first kappa shape index (κ1) is 12.9. The van der Waals surface area contributed by atoms with E-state index in [0.29, 0.717) is 18.7 Å². The number of carboxylic acids is 1. The molecule has 6 heteroatoms. The molecule has 98 valence electrons. The molecule has 1 fully saturated rings. The third-order valence-corrected chi connectivity index (χ3v) is 3.48. The van der Waals surface area contributed by atoms with E-state index in [1.54, 1.807) is 6.07 Å². The molecule has 2 heterocycles. The Labute approximate surface area is 104 Å². The predicted octanol–water partition coefficient (Wildman–Crippen LogP) is 0.770. The van der Waals surface area contributed by atoms with Crippen LogP contribution in [0.4, 0.5) is 4.39 Å². The van der Waals surface area contributed by atoms with Gasteiger partial charge in [0.25, 0.3) is 0 Å². The van der Waals surface area contributed by atoms with Crippen molar-refractivity contribution in [2.75, 3.05) is 13.1 Å². The Morgan fingerprint density at radius 3 is 2.89 bits per heavy atom. The molecule has 0 bridgehead atoms. The largest absolute Gasteiger partial charge is 0.480 e. The number of nitrogens with zero attached hydrogens (tertiary/aromatic N) is 2. The van der Waals surface area contributed by atoms with Gasteiger partial charge in [0.2, 0.25) is 0 Å². The topological polar surface area (TPSA) is 79.5 Å². The van der Waals surface area contributed by atoms with Crippen molar-refractivity contribution in [2.24, 2.45) is 5.73 Å². The Morgan fingerprint density at radius 1 is 1.67 bits per heavy atom. The number of nitrogens with two attached hydrogens (primary N) is 1. The molecule has 0 aromatic carbocycles. The van der Waals surface area contributed by atoms with Gasteiger partial charge >= 0.3 is 5.97 Å². The number of rotatable bonds is 3. The van der Waals surface area contributed by atoms with Gasteiger partial charge in [0.1, 0.15) is 11.4 Å². The Balaban J connectivity index is 2.10. The molecule has 0 radical (unpaired) electrons. The molecule has 1 aliphatic rings. The fraction of sp³-hybridized carbons (Fsp3) is 0.500. The van der Waals surface area contributed by atoms with Crippen LogP contribution in [0, 0.1) is 5.82 Å². The fourth-order valence-corrected chi connectivity index (χ4v) is 2.19. The molecule has 1 aromatic heterocycles. The van der Waals surface area contributed by atoms with Crippen LogP contribution in [0.1, 0.15) is 25.1 Å². The Kier molecular flexibility index (Phi) is 3.32. The standard InChI is InChI=1S/C12H16FN3O2/c1-8(10-3-2-9(13)6-15-10)16-5-4-12(14,7-16)11(17)18/h2-3,6,8H,4-5,7,14H2,1H3,(H,17,18). The summed E-state index contributed by atoms with van der Waals surface area (Å²) in [5.74, 6) is -1.37. The highest BCUT2D eigenvalue weighted by molar-refractivity contribution is 5.79. The van der Waals surface area contributed by atoms with Crippen LogP contribution in [0.5, 0.6) is 0 Å². The summed E-state index contributed by atoms with van der Waals surface area (Å²) >= 11 is 0. The van der Waals surface area contributed by atoms with Crippen LogP contribution in [0.3, 0.4) is 0 Å². The highest BCUT2D eigenvalue weighted by Crippen LogP contribution is 2.27. The van der Waals surface area contributed by atoms with Crippen molar-refractivity contribution in [3.05, 3.63) is 29.8 Å². The second-order valence-electron chi connectivity index (χ2n) is 4.76. The lowest BCUT2D eigenvalue weighted by Gasteiger charge is -2.25. The maximum absolute atomic E-state index is 12.8. The molecule has 2 rings (SSSR count). The van der Waals surface area contributed by atoms with Crippen LogP contribution in [-0.2, 0) is 4.79 Å². The van der Waals surface area contributed by atoms with Gasteiger partial charge in [0, 0.05) is 19.1 Å². The molecule has 1 aliphatic heterocycles. The quantitative estimate of drug-likeness (QED) is 0.831. The van der Waals surface area contributed by atoms with E-state index in [1.165, 1.54) is 6.07 Å². The summed E-state index contributed by atoms with van der Waals surface area (Å²) in [5.41, 5.74) is 5.34. The molecule has 0 amide bonds. The van der Waals surface area contributed by atoms with E-state index in [0.717, 1.165) is 6.20 Å². The van der Waals surface area contributed by atoms with Gasteiger partial charge in [0.15, 0.2) is 0 Å². The molecule has 0 saturated carbocycles. The van der Waals surface area contributed by atoms with Gasteiger partial charge in [-0.3, -0.25) is 14.7 Å². The SMILES string of the molecule is CC(c1ccc(F)cn1)N1CCC(N)(C(=O)O)C1. The highest BCUT2D eigenvalue weighted by atomic mass is 19.1. The molecule has 1 saturated heterocycles. The summed E-state index contributed by atoms with van der Waals surface area (Å²) < 4.78 is 12.8. The van der Waals surface area contributed by atoms with E-state index in [9.17, 15) is 9.18 Å². The average molecular weight is 253 g/mol. The summed E-state index contributed by atoms with van der Waals surface area (Å²) in [6.07, 6.45) is 1.57. The van der Waals surface area contributed by atoms with Gasteiger partial charge in [0.05, 0.1) is 11.9 Å². The Bertz CT molecular complexity index is 451. The normalized spacial score (nSPS) is 26.2. The molecule has 3 N–H and O–H groups in total. The van der Waals surface area contributed by atoms with Crippen molar-refractivity contribution in [3.63, 3.8) is 0 Å². The van der Waals surface area contributed by atoms with Gasteiger partial charge in [-0.2, -0.15) is 0 Å². The van der Waals surface area contributed by atoms with Crippen LogP contribution < -0.4 is 5.73 Å². The lowest BCUT2D eigenvalue weighted by molar-refractivity contribution is -0.142. The third kappa shape index (κ3) is 2.34. The van der Waals surface area contributed by atoms with Crippen LogP contribution in [0.15, 0.2) is 18.3 Å². The monoisotopic (exact) mass is 253 g/mol. The van der Waals surface area contributed by atoms with Gasteiger partial charge in [-0.05, 0) is 25.5 Å². The molecule has 18 heavy (non-hydrogen) atoms. The van der Waals surface area contributed by atoms with Crippen molar-refractivity contribution in [3.8, 4) is 0 Å². The van der Waals surface area contributed by atoms with E-state index in [1.807, 2.05) is 11.8 Å². The number of aliphatic carboxylic acids is 1. The van der Waals surface area contributed by atoms with Gasteiger partial charge in [-0.15, -0.1) is 0 Å². The lowest BCUT2D eigenvalue weighted by atomic mass is 10.0. The molecule has 2 unspecified atom stereocenters. The third-order valence-electron chi connectivity index (χ3n) is 3.48. The van der Waals surface area contributed by atoms with E-state index in [2.05, 4.69) is 4.98 Å². The van der Waals surface area contributed by atoms with Crippen molar-refractivity contribution in [2.45, 2.75) is 24.9 Å². The molecule has 0 aliphatic carbocycles. The van der Waals surface area contributed by atoms with Crippen LogP contribution in [0.2, 0.25) is 0 Å². The smallest absolute Gasteiger partial charge is 0.325 e. The maximum Gasteiger partial charge on any atom is 0.325 e. The first-order valence-electron chi connectivity index (χ1n) is 5.80. The number of carboxylic acid groups (broad SMARTS) is 1. The van der Waals surface area contributed by atoms with Crippen molar-refractivity contribution in [1.82, 2.24) is 9.88 Å². The van der Waals surface area contributed by atoms with E-state index in [4.69, 9.17) is 10.8 Å². The van der Waals surface area contributed by atoms with Crippen molar-refractivity contribution >= 4 is 5.97 Å². The minimum absolute atomic E-state index is 0.0737. The lowest BCUT2D eigenvalue weighted by Crippen LogP contribution is -2.50. The summed E-state index contributed by atoms with van der Waals surface area (Å²) in [4.78, 5) is 17.0. The highest BCUT2D eigenvalue weighted by Gasteiger charge is 2.42. The maximum atomic E-state index is 12.8. The van der Waals surface area contributed by atoms with E-state index >= 15 is 0 Å². The van der Waals surface area contributed by atoms with Crippen molar-refractivity contribution < 1.29 is 14.3 Å². The van der Waals surface area contributed by atoms with Gasteiger partial charge in [-0.1, -0.05) is 0 Å². The first-order chi connectivity index (χ1) is 8.42. The van der Waals surface area contributed by atoms with Crippen LogP contribution in [0.25, 0.3) is 0 Å². The molecule has 2 atom stereocenters. The summed E-state index contributed by atoms with van der Waals surface area (Å²) in [6, 6.07) is 2.88. The number of carbonyl (C=O) groups is 1. The number of likely N-dealkylation sites (tertiary alicyclic amines) is 1. The summed E-state index contributed by atoms with van der Waals surface area (Å²) in [6.45, 7) is 2.79. The van der Waals surface area contributed by atoms with E-state index < -0.39 is 11.5 Å². The second kappa shape index (κ2) is 4.62. The predicted molar refractivity (Wildman–Crippen MR) is 63.4 cm³/mol. The number of hydrogen-bond donors (Lipinski definition) is 2. The minimum atomic E-state index is -1.19. The summed E-state index contributed by atoms with van der Waals surface area (Å²) in [7, 11) is 0. The zero-order valence-corrected chi connectivity index (χ0v) is 10.1. The zero-order valence-electron chi connectivity index (χ0n) is 10.1. The molecule has 5 nitrogen and oxygen atoms in total. The van der Waals surface area contributed by atoms with Crippen molar-refractivity contribution in [1.29, 1.82) is 0 Å². The van der Waals surface area contributed by atoms with Crippen LogP contribution in [-0.4, -0.2) is 39.6 Å². The number of halogens is 1. The number of hydrogen-bond acceptors (Lipinski definition) is 4. The van der Waals surface area contributed by atoms with Crippen LogP contribution >= 0.6 is 0 Å². The number of aromatic nitrogens is 1. The van der Waals surface area contributed by atoms with Gasteiger partial charge < -0.3 is 10.8 Å². The fourth-order valence-electron chi connectivity index (χ4n) is 2.19. The Morgan fingerprint density at radius 2 is 2.39 bits per heavy atom. The van der Waals surface area contributed by atoms with E-state index in [-0.39, 0.29) is 18.4 Å². The second-order valence-corrected chi connectivity index (χ2v) is 4.76. The summed E-state index contributed by atoms with van der Waals surface area (Å²) in [5, 5.41) is 9.06. The number of pyridine rings is 1. The zero-order chi connectivity index (χ0) is 13.3. The van der Waals surface area contributed by atoms with Gasteiger partial charge in [-0.25, -0.2) is 4.39 Å². The molecule has 1 aromatic rings. The molecular weight excluding hydrogens is 237 g/mol. The average Bonchev–Trinajstić information content (AvgIpc) is 2.73.